The Hall–Kier alpha value is -3.99. The van der Waals surface area contributed by atoms with Crippen LogP contribution in [0.2, 0.25) is 5.02 Å². The average Bonchev–Trinajstić information content (AvgIpc) is 3.72. The summed E-state index contributed by atoms with van der Waals surface area (Å²) >= 11 is 6.57. The lowest BCUT2D eigenvalue weighted by Gasteiger charge is -2.39. The standard InChI is InChI=1S/C36H42ClN3O7/c1-4-6-16-29(42)38-21-23(3)46-35(45)30-28-17-18-36(47-28)31(30)33(43)40(25(22-41)20-24-12-8-7-9-13-24)32(36)34(44)39(19-5-2)27-15-11-10-14-26(27)37/h4-5,7-15,23,25,28,30-32,41H,1-2,6,16-22H2,3H3,(H,38,42)/t23-,25-,28-,30+,31+,32-,36+/m1/s1. The van der Waals surface area contributed by atoms with Gasteiger partial charge in [-0.25, -0.2) is 0 Å². The molecule has 2 aromatic rings. The van der Waals surface area contributed by atoms with Crippen LogP contribution in [0.3, 0.4) is 0 Å². The van der Waals surface area contributed by atoms with Crippen LogP contribution in [0.5, 0.6) is 0 Å². The number of amides is 3. The normalized spacial score (nSPS) is 25.5. The molecule has 0 aliphatic carbocycles. The van der Waals surface area contributed by atoms with Crippen LogP contribution >= 0.6 is 11.6 Å². The van der Waals surface area contributed by atoms with Crippen LogP contribution in [0.1, 0.15) is 38.2 Å². The molecule has 3 aliphatic rings. The Morgan fingerprint density at radius 3 is 2.57 bits per heavy atom. The van der Waals surface area contributed by atoms with Gasteiger partial charge in [-0.3, -0.25) is 19.2 Å². The van der Waals surface area contributed by atoms with Crippen molar-refractivity contribution >= 4 is 41.0 Å². The van der Waals surface area contributed by atoms with E-state index >= 15 is 0 Å². The highest BCUT2D eigenvalue weighted by Crippen LogP contribution is 2.59. The van der Waals surface area contributed by atoms with Crippen molar-refractivity contribution in [3.8, 4) is 0 Å². The molecule has 0 radical (unpaired) electrons. The van der Waals surface area contributed by atoms with Crippen molar-refractivity contribution in [1.29, 1.82) is 0 Å². The molecule has 2 N–H and O–H groups in total. The number of aliphatic hydroxyl groups excluding tert-OH is 1. The van der Waals surface area contributed by atoms with Gasteiger partial charge in [-0.05, 0) is 50.3 Å². The van der Waals surface area contributed by atoms with Crippen molar-refractivity contribution in [2.45, 2.75) is 68.9 Å². The molecule has 2 aromatic carbocycles. The van der Waals surface area contributed by atoms with Gasteiger partial charge in [0.15, 0.2) is 0 Å². The second-order valence-electron chi connectivity index (χ2n) is 12.4. The third kappa shape index (κ3) is 6.72. The van der Waals surface area contributed by atoms with Crippen molar-refractivity contribution in [3.05, 3.63) is 90.5 Å². The summed E-state index contributed by atoms with van der Waals surface area (Å²) in [7, 11) is 0. The van der Waals surface area contributed by atoms with E-state index in [9.17, 15) is 24.3 Å². The molecule has 1 spiro atoms. The predicted octanol–water partition coefficient (Wildman–Crippen LogP) is 3.85. The molecule has 10 nitrogen and oxygen atoms in total. The quantitative estimate of drug-likeness (QED) is 0.219. The number of ether oxygens (including phenoxy) is 2. The summed E-state index contributed by atoms with van der Waals surface area (Å²) in [6.07, 6.45) is 3.85. The lowest BCUT2D eigenvalue weighted by Crippen LogP contribution is -2.59. The van der Waals surface area contributed by atoms with Crippen molar-refractivity contribution in [2.24, 2.45) is 11.8 Å². The molecule has 3 saturated heterocycles. The molecule has 7 atom stereocenters. The zero-order valence-corrected chi connectivity index (χ0v) is 27.3. The summed E-state index contributed by atoms with van der Waals surface area (Å²) in [6.45, 7) is 8.93. The van der Waals surface area contributed by atoms with Gasteiger partial charge < -0.3 is 29.7 Å². The van der Waals surface area contributed by atoms with Gasteiger partial charge in [0.2, 0.25) is 11.8 Å². The number of benzene rings is 2. The highest BCUT2D eigenvalue weighted by atomic mass is 35.5. The number of likely N-dealkylation sites (tertiary alicyclic amines) is 1. The zero-order chi connectivity index (χ0) is 33.7. The number of esters is 1. The molecule has 0 unspecified atom stereocenters. The summed E-state index contributed by atoms with van der Waals surface area (Å²) in [6, 6.07) is 14.4. The van der Waals surface area contributed by atoms with E-state index in [0.29, 0.717) is 30.0 Å². The number of carbonyl (C=O) groups excluding carboxylic acids is 4. The molecule has 2 bridgehead atoms. The van der Waals surface area contributed by atoms with Gasteiger partial charge >= 0.3 is 5.97 Å². The molecule has 11 heteroatoms. The number of nitrogens with one attached hydrogen (secondary N) is 1. The van der Waals surface area contributed by atoms with E-state index in [1.807, 2.05) is 30.3 Å². The Labute approximate surface area is 280 Å². The molecule has 3 amide bonds. The maximum Gasteiger partial charge on any atom is 0.312 e. The first-order chi connectivity index (χ1) is 22.7. The van der Waals surface area contributed by atoms with E-state index in [4.69, 9.17) is 21.1 Å². The van der Waals surface area contributed by atoms with Crippen LogP contribution in [0.4, 0.5) is 5.69 Å². The van der Waals surface area contributed by atoms with Crippen LogP contribution in [0.25, 0.3) is 0 Å². The number of anilines is 1. The Morgan fingerprint density at radius 2 is 1.89 bits per heavy atom. The average molecular weight is 664 g/mol. The minimum Gasteiger partial charge on any atom is -0.460 e. The largest absolute Gasteiger partial charge is 0.460 e. The number of carbonyl (C=O) groups is 4. The van der Waals surface area contributed by atoms with E-state index in [1.54, 1.807) is 43.3 Å². The Bertz CT molecular complexity index is 1500. The van der Waals surface area contributed by atoms with Crippen LogP contribution in [-0.2, 0) is 35.1 Å². The molecular weight excluding hydrogens is 622 g/mol. The van der Waals surface area contributed by atoms with E-state index < -0.39 is 66.1 Å². The van der Waals surface area contributed by atoms with Gasteiger partial charge in [0.05, 0.1) is 47.8 Å². The minimum absolute atomic E-state index is 0.106. The monoisotopic (exact) mass is 663 g/mol. The van der Waals surface area contributed by atoms with Gasteiger partial charge in [0, 0.05) is 13.0 Å². The van der Waals surface area contributed by atoms with E-state index in [2.05, 4.69) is 18.5 Å². The summed E-state index contributed by atoms with van der Waals surface area (Å²) in [5, 5.41) is 13.8. The van der Waals surface area contributed by atoms with Crippen LogP contribution in [-0.4, -0.2) is 83.3 Å². The SMILES string of the molecule is C=CCCC(=O)NC[C@@H](C)OC(=O)[C@@H]1[C@H]2C(=O)N([C@@H](CO)Cc3ccccc3)[C@H](C(=O)N(CC=C)c3ccccc3Cl)[C@]23CC[C@H]1O3. The van der Waals surface area contributed by atoms with Crippen molar-refractivity contribution in [2.75, 3.05) is 24.6 Å². The van der Waals surface area contributed by atoms with E-state index in [-0.39, 0.29) is 31.8 Å². The van der Waals surface area contributed by atoms with Gasteiger partial charge in [0.25, 0.3) is 5.91 Å². The molecule has 3 fully saturated rings. The highest BCUT2D eigenvalue weighted by Gasteiger charge is 2.75. The third-order valence-corrected chi connectivity index (χ3v) is 9.68. The van der Waals surface area contributed by atoms with Crippen molar-refractivity contribution < 1.29 is 33.8 Å². The summed E-state index contributed by atoms with van der Waals surface area (Å²) < 4.78 is 12.4. The number of allylic oxidation sites excluding steroid dienone is 1. The molecule has 5 rings (SSSR count). The van der Waals surface area contributed by atoms with Gasteiger partial charge in [-0.1, -0.05) is 66.2 Å². The lowest BCUT2D eigenvalue weighted by atomic mass is 9.70. The molecule has 0 aromatic heterocycles. The highest BCUT2D eigenvalue weighted by molar-refractivity contribution is 6.34. The molecule has 250 valence electrons. The van der Waals surface area contributed by atoms with E-state index in [1.165, 1.54) is 9.80 Å². The van der Waals surface area contributed by atoms with Crippen LogP contribution in [0, 0.1) is 11.8 Å². The number of rotatable bonds is 15. The van der Waals surface area contributed by atoms with Crippen LogP contribution in [0.15, 0.2) is 79.9 Å². The maximum atomic E-state index is 14.8. The summed E-state index contributed by atoms with van der Waals surface area (Å²) in [5.41, 5.74) is -0.00295. The van der Waals surface area contributed by atoms with Gasteiger partial charge in [0.1, 0.15) is 17.7 Å². The van der Waals surface area contributed by atoms with Crippen LogP contribution < -0.4 is 10.2 Å². The van der Waals surface area contributed by atoms with Gasteiger partial charge in [-0.15, -0.1) is 13.2 Å². The second kappa shape index (κ2) is 14.8. The number of hydrogen-bond acceptors (Lipinski definition) is 7. The lowest BCUT2D eigenvalue weighted by molar-refractivity contribution is -0.159. The van der Waals surface area contributed by atoms with Crippen molar-refractivity contribution in [3.63, 3.8) is 0 Å². The first-order valence-electron chi connectivity index (χ1n) is 16.1. The van der Waals surface area contributed by atoms with Gasteiger partial charge in [-0.2, -0.15) is 0 Å². The number of hydrogen-bond donors (Lipinski definition) is 2. The Kier molecular flexibility index (Phi) is 10.8. The number of nitrogens with zero attached hydrogens (tertiary/aromatic N) is 2. The number of aliphatic hydroxyl groups is 1. The first kappa shape index (κ1) is 34.3. The summed E-state index contributed by atoms with van der Waals surface area (Å²) in [5.74, 6) is -3.64. The Morgan fingerprint density at radius 1 is 1.17 bits per heavy atom. The minimum atomic E-state index is -1.32. The molecule has 47 heavy (non-hydrogen) atoms. The molecule has 0 saturated carbocycles. The smallest absolute Gasteiger partial charge is 0.312 e. The number of halogens is 1. The molecule has 3 heterocycles. The summed E-state index contributed by atoms with van der Waals surface area (Å²) in [4.78, 5) is 58.2. The van der Waals surface area contributed by atoms with Crippen molar-refractivity contribution in [1.82, 2.24) is 10.2 Å². The zero-order valence-electron chi connectivity index (χ0n) is 26.6. The van der Waals surface area contributed by atoms with E-state index in [0.717, 1.165) is 5.56 Å². The Balaban J connectivity index is 1.49. The predicted molar refractivity (Wildman–Crippen MR) is 177 cm³/mol. The fourth-order valence-electron chi connectivity index (χ4n) is 7.32. The first-order valence-corrected chi connectivity index (χ1v) is 16.4. The number of para-hydroxylation sites is 1. The second-order valence-corrected chi connectivity index (χ2v) is 12.8. The maximum absolute atomic E-state index is 14.8. The fraction of sp³-hybridized carbons (Fsp3) is 0.444. The number of fused-ring (bicyclic) bond motifs is 1. The molecule has 3 aliphatic heterocycles. The topological polar surface area (TPSA) is 125 Å². The third-order valence-electron chi connectivity index (χ3n) is 9.36. The molecular formula is C36H42ClN3O7. The fourth-order valence-corrected chi connectivity index (χ4v) is 7.56.